The molecule has 0 amide bonds. The Morgan fingerprint density at radius 3 is 2.09 bits per heavy atom. The number of hydrogen-bond donors (Lipinski definition) is 0. The van der Waals surface area contributed by atoms with Gasteiger partial charge in [0.1, 0.15) is 0 Å². The van der Waals surface area contributed by atoms with Crippen molar-refractivity contribution >= 4 is 9.84 Å². The Kier molecular flexibility index (Phi) is 5.78. The number of aromatic nitrogens is 1. The largest absolute Gasteiger partial charge is 0.439 e. The fourth-order valence-corrected chi connectivity index (χ4v) is 4.78. The number of hydrogen-bond acceptors (Lipinski definition) is 4. The van der Waals surface area contributed by atoms with Gasteiger partial charge in [-0.2, -0.15) is 4.98 Å². The third-order valence-corrected chi connectivity index (χ3v) is 7.07. The van der Waals surface area contributed by atoms with Crippen LogP contribution in [0.3, 0.4) is 0 Å². The van der Waals surface area contributed by atoms with Crippen LogP contribution in [0.5, 0.6) is 0 Å². The molecule has 0 aliphatic heterocycles. The van der Waals surface area contributed by atoms with E-state index in [1.54, 1.807) is 36.8 Å². The van der Waals surface area contributed by atoms with Crippen LogP contribution in [0.25, 0.3) is 11.5 Å². The van der Waals surface area contributed by atoms with Gasteiger partial charge in [-0.15, -0.1) is 0 Å². The van der Waals surface area contributed by atoms with Gasteiger partial charge >= 0.3 is 0 Å². The van der Waals surface area contributed by atoms with Gasteiger partial charge in [0, 0.05) is 5.56 Å². The molecule has 0 saturated heterocycles. The molecular formula is C27H26NO3S. The summed E-state index contributed by atoms with van der Waals surface area (Å²) < 4.78 is 32.9. The van der Waals surface area contributed by atoms with Crippen LogP contribution in [0.4, 0.5) is 0 Å². The Morgan fingerprint density at radius 2 is 1.47 bits per heavy atom. The molecule has 0 atom stereocenters. The zero-order chi connectivity index (χ0) is 22.9. The molecule has 1 aromatic heterocycles. The van der Waals surface area contributed by atoms with E-state index in [0.29, 0.717) is 0 Å². The third-order valence-electron chi connectivity index (χ3n) is 5.38. The average molecular weight is 445 g/mol. The lowest BCUT2D eigenvalue weighted by atomic mass is 9.86. The van der Waals surface area contributed by atoms with Crippen molar-refractivity contribution in [3.05, 3.63) is 108 Å². The van der Waals surface area contributed by atoms with Crippen molar-refractivity contribution in [2.24, 2.45) is 0 Å². The number of oxazole rings is 1. The fraction of sp³-hybridized carbons (Fsp3) is 0.185. The first-order valence-corrected chi connectivity index (χ1v) is 12.0. The zero-order valence-corrected chi connectivity index (χ0v) is 19.5. The Bertz CT molecular complexity index is 1330. The van der Waals surface area contributed by atoms with E-state index in [1.807, 2.05) is 43.3 Å². The predicted octanol–water partition coefficient (Wildman–Crippen LogP) is 6.38. The summed E-state index contributed by atoms with van der Waals surface area (Å²) in [5.74, 6) is 0.505. The SMILES string of the molecule is Cc1ccccc1-c1nc(S(=O)(=O)c2ccccc2)c([CH]c2ccc(C(C)(C)C)cc2)o1. The highest BCUT2D eigenvalue weighted by molar-refractivity contribution is 7.91. The van der Waals surface area contributed by atoms with Gasteiger partial charge in [-0.05, 0) is 47.2 Å². The van der Waals surface area contributed by atoms with Gasteiger partial charge < -0.3 is 4.42 Å². The van der Waals surface area contributed by atoms with E-state index in [4.69, 9.17) is 4.42 Å². The molecule has 32 heavy (non-hydrogen) atoms. The van der Waals surface area contributed by atoms with Crippen LogP contribution in [0.2, 0.25) is 0 Å². The first kappa shape index (κ1) is 22.0. The van der Waals surface area contributed by atoms with Crippen molar-refractivity contribution < 1.29 is 12.8 Å². The molecule has 3 aromatic carbocycles. The van der Waals surface area contributed by atoms with Crippen molar-refractivity contribution in [1.29, 1.82) is 0 Å². The number of benzene rings is 3. The van der Waals surface area contributed by atoms with Gasteiger partial charge in [0.2, 0.25) is 20.8 Å². The molecule has 0 unspecified atom stereocenters. The second-order valence-corrected chi connectivity index (χ2v) is 10.7. The lowest BCUT2D eigenvalue weighted by molar-refractivity contribution is 0.541. The quantitative estimate of drug-likeness (QED) is 0.358. The monoisotopic (exact) mass is 444 g/mol. The van der Waals surface area contributed by atoms with Crippen LogP contribution in [0.1, 0.15) is 43.2 Å². The minimum Gasteiger partial charge on any atom is -0.439 e. The Labute approximate surface area is 189 Å². The van der Waals surface area contributed by atoms with Crippen LogP contribution >= 0.6 is 0 Å². The van der Waals surface area contributed by atoms with Crippen molar-refractivity contribution in [2.75, 3.05) is 0 Å². The summed E-state index contributed by atoms with van der Waals surface area (Å²) in [6.07, 6.45) is 1.73. The smallest absolute Gasteiger partial charge is 0.227 e. The maximum absolute atomic E-state index is 13.4. The molecule has 163 valence electrons. The highest BCUT2D eigenvalue weighted by Crippen LogP contribution is 2.32. The fourth-order valence-electron chi connectivity index (χ4n) is 3.47. The van der Waals surface area contributed by atoms with Crippen LogP contribution in [0.15, 0.2) is 93.2 Å². The van der Waals surface area contributed by atoms with Crippen molar-refractivity contribution in [3.8, 4) is 11.5 Å². The first-order valence-electron chi connectivity index (χ1n) is 10.5. The van der Waals surface area contributed by atoms with Gasteiger partial charge in [0.05, 0.1) is 11.3 Å². The van der Waals surface area contributed by atoms with Crippen LogP contribution in [-0.2, 0) is 15.3 Å². The summed E-state index contributed by atoms with van der Waals surface area (Å²) in [7, 11) is -3.86. The molecule has 4 aromatic rings. The van der Waals surface area contributed by atoms with E-state index >= 15 is 0 Å². The molecule has 0 saturated carbocycles. The maximum atomic E-state index is 13.4. The molecule has 1 heterocycles. The molecule has 0 N–H and O–H groups in total. The van der Waals surface area contributed by atoms with E-state index in [0.717, 1.165) is 16.7 Å². The minimum absolute atomic E-state index is 0.0323. The van der Waals surface area contributed by atoms with Crippen molar-refractivity contribution in [1.82, 2.24) is 4.98 Å². The molecule has 4 nitrogen and oxygen atoms in total. The lowest BCUT2D eigenvalue weighted by Crippen LogP contribution is -2.10. The maximum Gasteiger partial charge on any atom is 0.227 e. The summed E-state index contributed by atoms with van der Waals surface area (Å²) in [6.45, 7) is 8.41. The van der Waals surface area contributed by atoms with E-state index in [9.17, 15) is 8.42 Å². The van der Waals surface area contributed by atoms with Gasteiger partial charge in [0.15, 0.2) is 5.76 Å². The van der Waals surface area contributed by atoms with E-state index in [2.05, 4.69) is 37.9 Å². The first-order chi connectivity index (χ1) is 15.2. The lowest BCUT2D eigenvalue weighted by Gasteiger charge is -2.19. The normalized spacial score (nSPS) is 12.1. The summed E-state index contributed by atoms with van der Waals surface area (Å²) in [4.78, 5) is 4.64. The molecule has 0 aliphatic carbocycles. The number of nitrogens with zero attached hydrogens (tertiary/aromatic N) is 1. The highest BCUT2D eigenvalue weighted by atomic mass is 32.2. The van der Waals surface area contributed by atoms with Gasteiger partial charge in [-0.25, -0.2) is 8.42 Å². The van der Waals surface area contributed by atoms with Crippen LogP contribution in [0, 0.1) is 13.3 Å². The Hall–Kier alpha value is -3.18. The van der Waals surface area contributed by atoms with Crippen LogP contribution < -0.4 is 0 Å². The standard InChI is InChI=1S/C27H26NO3S/c1-19-10-8-9-13-23(19)25-28-26(32(29,30)22-11-6-5-7-12-22)24(31-25)18-20-14-16-21(17-15-20)27(2,3)4/h5-18H,1-4H3. The molecule has 0 aliphatic rings. The summed E-state index contributed by atoms with van der Waals surface area (Å²) >= 11 is 0. The zero-order valence-electron chi connectivity index (χ0n) is 18.7. The summed E-state index contributed by atoms with van der Waals surface area (Å²) in [5, 5.41) is -0.0816. The molecule has 0 bridgehead atoms. The second-order valence-electron chi connectivity index (χ2n) is 8.84. The average Bonchev–Trinajstić information content (AvgIpc) is 3.19. The minimum atomic E-state index is -3.86. The molecule has 0 spiro atoms. The molecule has 5 heteroatoms. The molecule has 1 radical (unpaired) electrons. The number of aryl methyl sites for hydroxylation is 1. The Balaban J connectivity index is 1.81. The van der Waals surface area contributed by atoms with Crippen molar-refractivity contribution in [3.63, 3.8) is 0 Å². The molecule has 0 fully saturated rings. The number of rotatable bonds is 5. The molecule has 4 rings (SSSR count). The van der Waals surface area contributed by atoms with Crippen molar-refractivity contribution in [2.45, 2.75) is 43.0 Å². The second kappa shape index (κ2) is 8.40. The predicted molar refractivity (Wildman–Crippen MR) is 126 cm³/mol. The Morgan fingerprint density at radius 1 is 0.844 bits per heavy atom. The van der Waals surface area contributed by atoms with E-state index < -0.39 is 9.84 Å². The number of sulfone groups is 1. The van der Waals surface area contributed by atoms with E-state index in [1.165, 1.54) is 5.56 Å². The van der Waals surface area contributed by atoms with Crippen LogP contribution in [-0.4, -0.2) is 13.4 Å². The summed E-state index contributed by atoms with van der Waals surface area (Å²) in [5.41, 5.74) is 3.79. The van der Waals surface area contributed by atoms with Gasteiger partial charge in [-0.1, -0.05) is 81.4 Å². The molecular weight excluding hydrogens is 418 g/mol. The topological polar surface area (TPSA) is 60.2 Å². The van der Waals surface area contributed by atoms with Gasteiger partial charge in [-0.3, -0.25) is 0 Å². The highest BCUT2D eigenvalue weighted by Gasteiger charge is 2.29. The van der Waals surface area contributed by atoms with Gasteiger partial charge in [0.25, 0.3) is 0 Å². The van der Waals surface area contributed by atoms with E-state index in [-0.39, 0.29) is 27.0 Å². The third kappa shape index (κ3) is 4.39. The summed E-state index contributed by atoms with van der Waals surface area (Å²) in [6, 6.07) is 24.0.